The Kier molecular flexibility index (Phi) is 9.35. The minimum absolute atomic E-state index is 0.103. The van der Waals surface area contributed by atoms with E-state index in [1.807, 2.05) is 30.4 Å². The van der Waals surface area contributed by atoms with Crippen LogP contribution in [0.3, 0.4) is 0 Å². The molecule has 11 heteroatoms. The zero-order chi connectivity index (χ0) is 32.3. The van der Waals surface area contributed by atoms with E-state index in [4.69, 9.17) is 32.7 Å². The third-order valence-corrected chi connectivity index (χ3v) is 8.97. The number of carbonyl (C=O) groups excluding carboxylic acids is 2. The number of aromatic amines is 1. The van der Waals surface area contributed by atoms with Gasteiger partial charge in [-0.3, -0.25) is 14.7 Å². The van der Waals surface area contributed by atoms with Crippen molar-refractivity contribution in [2.24, 2.45) is 5.41 Å². The van der Waals surface area contributed by atoms with Crippen LogP contribution in [0, 0.1) is 5.41 Å². The number of H-pyrrole nitrogens is 1. The van der Waals surface area contributed by atoms with Crippen molar-refractivity contribution in [1.29, 1.82) is 0 Å². The molecule has 0 saturated heterocycles. The summed E-state index contributed by atoms with van der Waals surface area (Å²) in [5.74, 6) is 0.806. The molecule has 1 aliphatic heterocycles. The number of nitrogens with one attached hydrogen (secondary N) is 2. The summed E-state index contributed by atoms with van der Waals surface area (Å²) < 4.78 is 11.8. The van der Waals surface area contributed by atoms with E-state index in [0.29, 0.717) is 52.9 Å². The second-order valence-electron chi connectivity index (χ2n) is 11.8. The molecule has 2 amide bonds. The summed E-state index contributed by atoms with van der Waals surface area (Å²) >= 11 is 12.4. The number of nitrogens with zero attached hydrogens (tertiary/aromatic N) is 2. The van der Waals surface area contributed by atoms with Crippen LogP contribution < -0.4 is 10.1 Å². The molecule has 0 fully saturated rings. The first-order valence-corrected chi connectivity index (χ1v) is 15.9. The number of hydrogen-bond acceptors (Lipinski definition) is 6. The molecule has 2 aromatic carbocycles. The number of aliphatic hydroxyl groups is 1. The van der Waals surface area contributed by atoms with E-state index in [9.17, 15) is 14.7 Å². The Morgan fingerprint density at radius 2 is 1.98 bits per heavy atom. The number of allylic oxidation sites excluding steroid dienone is 2. The molecular formula is C35H34Cl2N4O5. The normalized spacial score (nSPS) is 19.7. The fraction of sp³-hybridized carbons (Fsp3) is 0.286. The van der Waals surface area contributed by atoms with Crippen LogP contribution in [0.15, 0.2) is 91.0 Å². The summed E-state index contributed by atoms with van der Waals surface area (Å²) in [4.78, 5) is 35.2. The van der Waals surface area contributed by atoms with Gasteiger partial charge in [-0.2, -0.15) is 0 Å². The lowest BCUT2D eigenvalue weighted by atomic mass is 9.72. The Morgan fingerprint density at radius 3 is 2.72 bits per heavy atom. The predicted molar refractivity (Wildman–Crippen MR) is 177 cm³/mol. The number of hydrogen-bond donors (Lipinski definition) is 3. The van der Waals surface area contributed by atoms with Gasteiger partial charge in [0.15, 0.2) is 0 Å². The van der Waals surface area contributed by atoms with Gasteiger partial charge in [0, 0.05) is 64.0 Å². The minimum Gasteiger partial charge on any atom is -0.494 e. The summed E-state index contributed by atoms with van der Waals surface area (Å²) in [6.45, 7) is 2.96. The Morgan fingerprint density at radius 1 is 1.17 bits per heavy atom. The summed E-state index contributed by atoms with van der Waals surface area (Å²) in [5, 5.41) is 15.4. The van der Waals surface area contributed by atoms with Crippen LogP contribution in [0.1, 0.15) is 47.4 Å². The van der Waals surface area contributed by atoms with E-state index in [1.54, 1.807) is 47.5 Å². The van der Waals surface area contributed by atoms with Crippen molar-refractivity contribution in [2.75, 3.05) is 19.7 Å². The van der Waals surface area contributed by atoms with Crippen LogP contribution >= 0.6 is 23.2 Å². The summed E-state index contributed by atoms with van der Waals surface area (Å²) in [6.07, 6.45) is 9.43. The largest absolute Gasteiger partial charge is 0.494 e. The Balaban J connectivity index is 1.14. The average molecular weight is 662 g/mol. The topological polar surface area (TPSA) is 117 Å². The molecule has 3 unspecified atom stereocenters. The van der Waals surface area contributed by atoms with E-state index >= 15 is 0 Å². The molecule has 3 heterocycles. The van der Waals surface area contributed by atoms with Gasteiger partial charge in [-0.1, -0.05) is 36.2 Å². The first kappa shape index (κ1) is 31.7. The van der Waals surface area contributed by atoms with Gasteiger partial charge in [0.05, 0.1) is 24.3 Å². The number of amides is 2. The van der Waals surface area contributed by atoms with Crippen LogP contribution in [-0.2, 0) is 11.2 Å². The zero-order valence-corrected chi connectivity index (χ0v) is 26.7. The monoisotopic (exact) mass is 660 g/mol. The highest BCUT2D eigenvalue weighted by Gasteiger charge is 2.45. The van der Waals surface area contributed by atoms with Crippen molar-refractivity contribution in [3.63, 3.8) is 0 Å². The van der Waals surface area contributed by atoms with Crippen LogP contribution in [0.25, 0.3) is 10.9 Å². The quantitative estimate of drug-likeness (QED) is 0.178. The van der Waals surface area contributed by atoms with E-state index in [1.165, 1.54) is 6.20 Å². The molecule has 46 heavy (non-hydrogen) atoms. The van der Waals surface area contributed by atoms with Crippen molar-refractivity contribution in [1.82, 2.24) is 20.2 Å². The highest BCUT2D eigenvalue weighted by molar-refractivity contribution is 6.31. The van der Waals surface area contributed by atoms with Crippen molar-refractivity contribution < 1.29 is 24.2 Å². The molecule has 0 saturated carbocycles. The predicted octanol–water partition coefficient (Wildman–Crippen LogP) is 7.02. The van der Waals surface area contributed by atoms with Crippen molar-refractivity contribution >= 4 is 46.1 Å². The molecule has 9 nitrogen and oxygen atoms in total. The van der Waals surface area contributed by atoms with E-state index in [2.05, 4.69) is 28.3 Å². The van der Waals surface area contributed by atoms with Gasteiger partial charge in [0.1, 0.15) is 11.5 Å². The van der Waals surface area contributed by atoms with Crippen LogP contribution in [0.2, 0.25) is 10.0 Å². The zero-order valence-electron chi connectivity index (χ0n) is 25.2. The standard InChI is InChI=1S/C35H34Cl2N4O5/c1-35(14-10-26(11-15-35)45-18-13-25(42)21-39-33(43)22-3-2-16-38-20-22)32-31-28(29-19-24(37)6-9-30(29)40-31)12-17-41(32)34(44)46-27-7-4-23(36)5-8-27/h2-11,14,16,19-20,25,32,40,42H,12-13,15,17-18,21H2,1H3,(H,39,43). The molecule has 6 rings (SSSR count). The number of ether oxygens (including phenoxy) is 2. The van der Waals surface area contributed by atoms with Gasteiger partial charge in [-0.25, -0.2) is 4.79 Å². The molecular weight excluding hydrogens is 627 g/mol. The van der Waals surface area contributed by atoms with E-state index in [-0.39, 0.29) is 25.1 Å². The van der Waals surface area contributed by atoms with E-state index in [0.717, 1.165) is 22.2 Å². The second kappa shape index (κ2) is 13.6. The molecule has 0 bridgehead atoms. The third kappa shape index (κ3) is 6.92. The second-order valence-corrected chi connectivity index (χ2v) is 12.6. The molecule has 238 valence electrons. The molecule has 2 aliphatic rings. The number of halogens is 2. The number of pyridine rings is 1. The average Bonchev–Trinajstić information content (AvgIpc) is 3.43. The molecule has 0 spiro atoms. The van der Waals surface area contributed by atoms with Gasteiger partial charge in [-0.05, 0) is 85.2 Å². The highest BCUT2D eigenvalue weighted by atomic mass is 35.5. The number of benzene rings is 2. The molecule has 3 atom stereocenters. The van der Waals surface area contributed by atoms with Gasteiger partial charge >= 0.3 is 6.09 Å². The minimum atomic E-state index is -0.768. The SMILES string of the molecule is CC1(C2c3[nH]c4ccc(Cl)cc4c3CCN2C(=O)Oc2ccc(Cl)cc2)C=CC(OCCC(O)CNC(=O)c2cccnc2)=CC1. The maximum Gasteiger partial charge on any atom is 0.415 e. The maximum atomic E-state index is 13.7. The summed E-state index contributed by atoms with van der Waals surface area (Å²) in [6, 6.07) is 15.5. The first-order chi connectivity index (χ1) is 22.2. The molecule has 1 aliphatic carbocycles. The van der Waals surface area contributed by atoms with Gasteiger partial charge in [0.25, 0.3) is 5.91 Å². The summed E-state index contributed by atoms with van der Waals surface area (Å²) in [5.41, 5.74) is 3.00. The van der Waals surface area contributed by atoms with Crippen LogP contribution in [0.5, 0.6) is 5.75 Å². The number of fused-ring (bicyclic) bond motifs is 3. The Bertz CT molecular complexity index is 1790. The molecule has 3 N–H and O–H groups in total. The maximum absolute atomic E-state index is 13.7. The van der Waals surface area contributed by atoms with Gasteiger partial charge < -0.3 is 24.9 Å². The number of aliphatic hydroxyl groups excluding tert-OH is 1. The third-order valence-electron chi connectivity index (χ3n) is 8.48. The lowest BCUT2D eigenvalue weighted by molar-refractivity contribution is 0.0806. The van der Waals surface area contributed by atoms with Gasteiger partial charge in [0.2, 0.25) is 0 Å². The highest BCUT2D eigenvalue weighted by Crippen LogP contribution is 2.49. The fourth-order valence-electron chi connectivity index (χ4n) is 6.07. The van der Waals surface area contributed by atoms with Crippen molar-refractivity contribution in [3.05, 3.63) is 118 Å². The summed E-state index contributed by atoms with van der Waals surface area (Å²) in [7, 11) is 0. The van der Waals surface area contributed by atoms with Crippen LogP contribution in [-0.4, -0.2) is 57.8 Å². The lowest BCUT2D eigenvalue weighted by Gasteiger charge is -2.45. The first-order valence-electron chi connectivity index (χ1n) is 15.1. The Hall–Kier alpha value is -4.31. The smallest absolute Gasteiger partial charge is 0.415 e. The van der Waals surface area contributed by atoms with E-state index < -0.39 is 17.6 Å². The van der Waals surface area contributed by atoms with Crippen LogP contribution in [0.4, 0.5) is 4.79 Å². The van der Waals surface area contributed by atoms with Crippen molar-refractivity contribution in [3.8, 4) is 5.75 Å². The number of aromatic nitrogens is 2. The lowest BCUT2D eigenvalue weighted by Crippen LogP contribution is -2.48. The van der Waals surface area contributed by atoms with Gasteiger partial charge in [-0.15, -0.1) is 0 Å². The number of rotatable bonds is 9. The fourth-order valence-corrected chi connectivity index (χ4v) is 6.37. The molecule has 4 aromatic rings. The number of carbonyl (C=O) groups is 2. The van der Waals surface area contributed by atoms with Crippen molar-refractivity contribution in [2.45, 2.75) is 38.3 Å². The Labute approximate surface area is 276 Å². The molecule has 0 radical (unpaired) electrons. The molecule has 2 aromatic heterocycles.